The highest BCUT2D eigenvalue weighted by Gasteiger charge is 2.28. The molecule has 1 aliphatic heterocycles. The summed E-state index contributed by atoms with van der Waals surface area (Å²) in [5.41, 5.74) is 1.03. The molecule has 1 fully saturated rings. The minimum Gasteiger partial charge on any atom is -0.471 e. The highest BCUT2D eigenvalue weighted by atomic mass is 16.5. The Morgan fingerprint density at radius 2 is 1.96 bits per heavy atom. The van der Waals surface area contributed by atoms with E-state index < -0.39 is 0 Å². The Kier molecular flexibility index (Phi) is 4.62. The molecule has 1 aliphatic rings. The number of amides is 1. The van der Waals surface area contributed by atoms with Gasteiger partial charge in [0.25, 0.3) is 11.8 Å². The zero-order valence-corrected chi connectivity index (χ0v) is 13.3. The quantitative estimate of drug-likeness (QED) is 0.867. The Balaban J connectivity index is 1.61. The number of benzene rings is 1. The second kappa shape index (κ2) is 6.83. The molecule has 2 heterocycles. The molecule has 23 heavy (non-hydrogen) atoms. The van der Waals surface area contributed by atoms with Crippen LogP contribution in [0.15, 0.2) is 40.9 Å². The lowest BCUT2D eigenvalue weighted by atomic mass is 10.2. The van der Waals surface area contributed by atoms with E-state index in [1.807, 2.05) is 44.2 Å². The maximum absolute atomic E-state index is 12.5. The van der Waals surface area contributed by atoms with Gasteiger partial charge in [-0.15, -0.1) is 0 Å². The van der Waals surface area contributed by atoms with Crippen LogP contribution in [0.1, 0.15) is 30.0 Å². The van der Waals surface area contributed by atoms with Crippen LogP contribution in [-0.4, -0.2) is 41.3 Å². The van der Waals surface area contributed by atoms with Crippen molar-refractivity contribution in [2.24, 2.45) is 0 Å². The summed E-state index contributed by atoms with van der Waals surface area (Å²) in [6, 6.07) is 11.3. The van der Waals surface area contributed by atoms with E-state index in [2.05, 4.69) is 5.16 Å². The van der Waals surface area contributed by atoms with Gasteiger partial charge < -0.3 is 18.9 Å². The van der Waals surface area contributed by atoms with E-state index in [1.165, 1.54) is 6.07 Å². The first-order chi connectivity index (χ1) is 11.1. The topological polar surface area (TPSA) is 64.8 Å². The van der Waals surface area contributed by atoms with Gasteiger partial charge in [0.2, 0.25) is 5.76 Å². The molecular weight excluding hydrogens is 296 g/mol. The smallest absolute Gasteiger partial charge is 0.292 e. The van der Waals surface area contributed by atoms with Crippen LogP contribution >= 0.6 is 0 Å². The summed E-state index contributed by atoms with van der Waals surface area (Å²) in [5.74, 6) is 0.315. The predicted molar refractivity (Wildman–Crippen MR) is 83.2 cm³/mol. The fraction of sp³-hybridized carbons (Fsp3) is 0.412. The first-order valence-electron chi connectivity index (χ1n) is 7.70. The van der Waals surface area contributed by atoms with Crippen LogP contribution in [0.2, 0.25) is 0 Å². The Morgan fingerprint density at radius 3 is 2.65 bits per heavy atom. The van der Waals surface area contributed by atoms with Gasteiger partial charge in [-0.25, -0.2) is 0 Å². The molecule has 6 nitrogen and oxygen atoms in total. The molecule has 122 valence electrons. The van der Waals surface area contributed by atoms with E-state index in [1.54, 1.807) is 4.90 Å². The van der Waals surface area contributed by atoms with Crippen LogP contribution in [0, 0.1) is 0 Å². The Labute approximate surface area is 135 Å². The lowest BCUT2D eigenvalue weighted by Crippen LogP contribution is -2.48. The molecule has 0 radical (unpaired) electrons. The summed E-state index contributed by atoms with van der Waals surface area (Å²) in [4.78, 5) is 14.2. The number of morpholine rings is 1. The molecule has 0 N–H and O–H groups in total. The summed E-state index contributed by atoms with van der Waals surface area (Å²) >= 11 is 0. The summed E-state index contributed by atoms with van der Waals surface area (Å²) in [6.45, 7) is 5.37. The molecule has 3 rings (SSSR count). The Bertz CT molecular complexity index is 646. The zero-order valence-electron chi connectivity index (χ0n) is 13.3. The van der Waals surface area contributed by atoms with Gasteiger partial charge in [-0.3, -0.25) is 4.79 Å². The van der Waals surface area contributed by atoms with Crippen LogP contribution in [0.25, 0.3) is 0 Å². The minimum absolute atomic E-state index is 0.0134. The third-order valence-corrected chi connectivity index (χ3v) is 3.64. The molecule has 2 aromatic rings. The second-order valence-corrected chi connectivity index (χ2v) is 5.77. The molecule has 6 heteroatoms. The van der Waals surface area contributed by atoms with Crippen molar-refractivity contribution in [3.63, 3.8) is 0 Å². The van der Waals surface area contributed by atoms with Crippen LogP contribution in [0.4, 0.5) is 0 Å². The number of aromatic nitrogens is 1. The third kappa shape index (κ3) is 3.90. The van der Waals surface area contributed by atoms with Crippen molar-refractivity contribution in [2.45, 2.75) is 32.7 Å². The lowest BCUT2D eigenvalue weighted by Gasteiger charge is -2.34. The van der Waals surface area contributed by atoms with Gasteiger partial charge in [-0.1, -0.05) is 30.3 Å². The first kappa shape index (κ1) is 15.6. The van der Waals surface area contributed by atoms with E-state index in [0.717, 1.165) is 5.56 Å². The van der Waals surface area contributed by atoms with Gasteiger partial charge in [0.05, 0.1) is 18.3 Å². The molecule has 0 bridgehead atoms. The van der Waals surface area contributed by atoms with Gasteiger partial charge in [0.1, 0.15) is 6.61 Å². The summed E-state index contributed by atoms with van der Waals surface area (Å²) < 4.78 is 16.3. The average Bonchev–Trinajstić information content (AvgIpc) is 3.01. The number of carbonyl (C=O) groups excluding carboxylic acids is 1. The van der Waals surface area contributed by atoms with Crippen molar-refractivity contribution in [3.05, 3.63) is 47.7 Å². The lowest BCUT2D eigenvalue weighted by molar-refractivity contribution is -0.0593. The van der Waals surface area contributed by atoms with Crippen molar-refractivity contribution >= 4 is 5.91 Å². The van der Waals surface area contributed by atoms with E-state index in [4.69, 9.17) is 14.0 Å². The van der Waals surface area contributed by atoms with Gasteiger partial charge >= 0.3 is 0 Å². The maximum Gasteiger partial charge on any atom is 0.292 e. The molecule has 1 aromatic heterocycles. The monoisotopic (exact) mass is 316 g/mol. The summed E-state index contributed by atoms with van der Waals surface area (Å²) in [5, 5.41) is 3.81. The van der Waals surface area contributed by atoms with E-state index >= 15 is 0 Å². The Hall–Kier alpha value is -2.34. The molecule has 0 aliphatic carbocycles. The van der Waals surface area contributed by atoms with Gasteiger partial charge in [0, 0.05) is 13.1 Å². The van der Waals surface area contributed by atoms with Crippen LogP contribution < -0.4 is 4.74 Å². The number of nitrogens with zero attached hydrogens (tertiary/aromatic N) is 2. The summed E-state index contributed by atoms with van der Waals surface area (Å²) in [7, 11) is 0. The van der Waals surface area contributed by atoms with Crippen LogP contribution in [0.5, 0.6) is 5.88 Å². The molecule has 1 saturated heterocycles. The molecule has 2 atom stereocenters. The summed E-state index contributed by atoms with van der Waals surface area (Å²) in [6.07, 6.45) is 0.0267. The molecule has 1 aromatic carbocycles. The molecular formula is C17H20N2O4. The fourth-order valence-electron chi connectivity index (χ4n) is 2.66. The van der Waals surface area contributed by atoms with Gasteiger partial charge in [-0.05, 0) is 24.6 Å². The van der Waals surface area contributed by atoms with E-state index in [-0.39, 0.29) is 23.9 Å². The van der Waals surface area contributed by atoms with Crippen molar-refractivity contribution in [1.82, 2.24) is 10.1 Å². The second-order valence-electron chi connectivity index (χ2n) is 5.77. The molecule has 1 amide bonds. The standard InChI is InChI=1S/C17H20N2O4/c1-12-9-19(10-13(2)22-12)17(20)15-8-16(18-23-15)21-11-14-6-4-3-5-7-14/h3-8,12-13H,9-11H2,1-2H3. The predicted octanol–water partition coefficient (Wildman–Crippen LogP) is 2.50. The normalized spacial score (nSPS) is 21.2. The number of hydrogen-bond acceptors (Lipinski definition) is 5. The first-order valence-corrected chi connectivity index (χ1v) is 7.70. The molecule has 0 spiro atoms. The number of rotatable bonds is 4. The Morgan fingerprint density at radius 1 is 1.26 bits per heavy atom. The molecule has 0 saturated carbocycles. The maximum atomic E-state index is 12.5. The SMILES string of the molecule is CC1CN(C(=O)c2cc(OCc3ccccc3)no2)CC(C)O1. The highest BCUT2D eigenvalue weighted by molar-refractivity contribution is 5.91. The fourth-order valence-corrected chi connectivity index (χ4v) is 2.66. The number of ether oxygens (including phenoxy) is 2. The van der Waals surface area contributed by atoms with E-state index in [0.29, 0.717) is 25.6 Å². The van der Waals surface area contributed by atoms with Crippen LogP contribution in [0.3, 0.4) is 0 Å². The van der Waals surface area contributed by atoms with Crippen molar-refractivity contribution in [1.29, 1.82) is 0 Å². The van der Waals surface area contributed by atoms with Crippen LogP contribution in [-0.2, 0) is 11.3 Å². The van der Waals surface area contributed by atoms with Crippen molar-refractivity contribution in [2.75, 3.05) is 13.1 Å². The van der Waals surface area contributed by atoms with Crippen molar-refractivity contribution < 1.29 is 18.8 Å². The highest BCUT2D eigenvalue weighted by Crippen LogP contribution is 2.18. The third-order valence-electron chi connectivity index (χ3n) is 3.64. The van der Waals surface area contributed by atoms with E-state index in [9.17, 15) is 4.79 Å². The molecule has 2 unspecified atom stereocenters. The zero-order chi connectivity index (χ0) is 16.2. The average molecular weight is 316 g/mol. The number of carbonyl (C=O) groups is 1. The van der Waals surface area contributed by atoms with Crippen molar-refractivity contribution in [3.8, 4) is 5.88 Å². The largest absolute Gasteiger partial charge is 0.471 e. The minimum atomic E-state index is -0.186. The van der Waals surface area contributed by atoms with Gasteiger partial charge in [-0.2, -0.15) is 0 Å². The van der Waals surface area contributed by atoms with Gasteiger partial charge in [0.15, 0.2) is 0 Å². The number of hydrogen-bond donors (Lipinski definition) is 0.